The molecule has 22 aromatic rings. The number of rotatable bonds is 11. The van der Waals surface area contributed by atoms with Crippen LogP contribution in [0, 0.1) is 27.7 Å². The number of benzene rings is 20. The van der Waals surface area contributed by atoms with Crippen molar-refractivity contribution in [3.63, 3.8) is 0 Å². The van der Waals surface area contributed by atoms with Crippen molar-refractivity contribution in [1.29, 1.82) is 0 Å². The van der Waals surface area contributed by atoms with Crippen molar-refractivity contribution in [2.75, 3.05) is 10.9 Å². The number of aromatic nitrogens is 2. The van der Waals surface area contributed by atoms with E-state index < -0.39 is 0 Å². The van der Waals surface area contributed by atoms with Crippen molar-refractivity contribution >= 4 is 201 Å². The van der Waals surface area contributed by atoms with E-state index in [4.69, 9.17) is 16.0 Å². The topological polar surface area (TPSA) is 136 Å². The smallest absolute Gasteiger partial charge is 0.129 e. The second-order valence-electron chi connectivity index (χ2n) is 33.8. The molecule has 2 heterocycles. The van der Waals surface area contributed by atoms with Crippen molar-refractivity contribution in [2.45, 2.75) is 67.2 Å². The van der Waals surface area contributed by atoms with E-state index in [1.807, 2.05) is 140 Å². The Kier molecular flexibility index (Phi) is 26.0. The van der Waals surface area contributed by atoms with E-state index in [0.717, 1.165) is 108 Å². The Bertz CT molecular complexity index is 7690. The zero-order valence-electron chi connectivity index (χ0n) is 74.7. The van der Waals surface area contributed by atoms with Gasteiger partial charge in [-0.2, -0.15) is 15.3 Å². The lowest BCUT2D eigenvalue weighted by Crippen LogP contribution is -2.14. The number of nitrogens with one attached hydrogen (secondary N) is 4. The Labute approximate surface area is 794 Å². The van der Waals surface area contributed by atoms with Gasteiger partial charge in [0.1, 0.15) is 5.78 Å². The van der Waals surface area contributed by atoms with Gasteiger partial charge in [-0.3, -0.25) is 10.9 Å². The first-order chi connectivity index (χ1) is 64.5. The van der Waals surface area contributed by atoms with Gasteiger partial charge in [0.05, 0.1) is 39.5 Å². The van der Waals surface area contributed by atoms with Crippen LogP contribution in [-0.4, -0.2) is 32.9 Å². The average molecular weight is 1910 g/mol. The molecule has 20 aromatic carbocycles. The molecular formula is C120H97Br3N8O. The lowest BCUT2D eigenvalue weighted by molar-refractivity contribution is -0.116. The predicted octanol–water partition coefficient (Wildman–Crippen LogP) is 33.0. The van der Waals surface area contributed by atoms with Crippen LogP contribution in [0.25, 0.3) is 130 Å². The summed E-state index contributed by atoms with van der Waals surface area (Å²) in [4.78, 5) is 17.2. The first-order valence-corrected chi connectivity index (χ1v) is 46.9. The SMILES string of the molecule is Brc1cc2c3ccccc3c(Br)cc2c2ccccc12.CC1(C)c2ccccc2-c2ccc(Br)cc21.CCC(C)=O.Cc1[nH]c2c3ccccc3c3c4c(C)c(C)[nH]c4c4ccccc4c3c2c1C.NN=C(c1ccccc1)c1ccccc1.c1ccc(C(=NNc2cc3c4ccccc4c(NN=C(c4ccccc4)c4ccccc4)cc3c3ccccc23)c2ccccc2)cc1. The molecule has 0 radical (unpaired) electrons. The van der Waals surface area contributed by atoms with Crippen LogP contribution in [0.3, 0.4) is 0 Å². The van der Waals surface area contributed by atoms with E-state index in [2.05, 4.69) is 376 Å². The second kappa shape index (κ2) is 38.9. The number of halogens is 3. The van der Waals surface area contributed by atoms with Gasteiger partial charge >= 0.3 is 0 Å². The first kappa shape index (κ1) is 88.0. The zero-order valence-corrected chi connectivity index (χ0v) is 79.5. The molecule has 0 unspecified atom stereocenters. The lowest BCUT2D eigenvalue weighted by atomic mass is 9.82. The van der Waals surface area contributed by atoms with E-state index in [1.54, 1.807) is 6.92 Å². The molecule has 23 rings (SSSR count). The van der Waals surface area contributed by atoms with Crippen molar-refractivity contribution < 1.29 is 4.79 Å². The van der Waals surface area contributed by atoms with E-state index in [1.165, 1.54) is 131 Å². The van der Waals surface area contributed by atoms with E-state index in [0.29, 0.717) is 6.42 Å². The third-order valence-electron chi connectivity index (χ3n) is 25.4. The van der Waals surface area contributed by atoms with Gasteiger partial charge in [-0.25, -0.2) is 0 Å². The van der Waals surface area contributed by atoms with E-state index in [9.17, 15) is 4.79 Å². The molecule has 9 nitrogen and oxygen atoms in total. The summed E-state index contributed by atoms with van der Waals surface area (Å²) in [6.45, 7) is 16.9. The highest BCUT2D eigenvalue weighted by Gasteiger charge is 2.35. The van der Waals surface area contributed by atoms with Crippen molar-refractivity contribution in [1.82, 2.24) is 9.97 Å². The van der Waals surface area contributed by atoms with Crippen molar-refractivity contribution in [2.24, 2.45) is 21.1 Å². The van der Waals surface area contributed by atoms with Gasteiger partial charge in [0.15, 0.2) is 0 Å². The molecule has 0 bridgehead atoms. The molecule has 1 aliphatic rings. The fraction of sp³-hybridized carbons (Fsp3) is 0.0833. The Morgan fingerprint density at radius 3 is 0.939 bits per heavy atom. The van der Waals surface area contributed by atoms with Crippen LogP contribution in [0.4, 0.5) is 11.4 Å². The maximum atomic E-state index is 9.81. The summed E-state index contributed by atoms with van der Waals surface area (Å²) < 4.78 is 3.45. The van der Waals surface area contributed by atoms with Gasteiger partial charge < -0.3 is 20.6 Å². The average Bonchev–Trinajstić information content (AvgIpc) is 1.48. The molecule has 6 N–H and O–H groups in total. The number of anilines is 2. The van der Waals surface area contributed by atoms with E-state index in [-0.39, 0.29) is 11.2 Å². The van der Waals surface area contributed by atoms with Gasteiger partial charge in [-0.15, -0.1) is 0 Å². The third kappa shape index (κ3) is 17.5. The standard InChI is InChI=1S/C44H32N4.C26H22N2.C18H10Br2.C15H13Br.C13H12N2.C4H8O/c1-5-17-31(18-6-1)43(32-19-7-2-8-20-32)47-45-41-29-39-36-26-14-16-28-38(36)42(30-40(39)35-25-13-15-27-37(35)41)46-48-44(33-21-9-3-10-22-33)34-23-11-4-12-24-34;1-13-15(3)27-25-19-11-7-6-10-18(19)24-22-14(2)16(4)28-26(22)20-12-8-5-9-17(20)23(24)21(13)25;19-17-10-16-12-6-2-4-8-14(12)18(20)9-15(16)11-5-1-3-7-13(11)17;1-15(2)13-6-4-3-5-11(13)12-8-7-10(16)9-14(12)15;14-15-13(11-7-3-1-4-8-11)12-9-5-2-6-10-12;1-3-4(2)5/h1-30,45-46H;5-12,27-28H,1-4H3;1-10H;3-9H,1-2H3;1-10H,14H2;3H2,1-2H3. The van der Waals surface area contributed by atoms with Crippen LogP contribution >= 0.6 is 47.8 Å². The summed E-state index contributed by atoms with van der Waals surface area (Å²) in [6.07, 6.45) is 0.667. The summed E-state index contributed by atoms with van der Waals surface area (Å²) in [7, 11) is 0. The molecule has 12 heteroatoms. The minimum Gasteiger partial charge on any atom is -0.358 e. The number of fused-ring (bicyclic) bond motifs is 24. The van der Waals surface area contributed by atoms with Crippen molar-refractivity contribution in [3.05, 3.63) is 475 Å². The van der Waals surface area contributed by atoms with E-state index >= 15 is 0 Å². The highest BCUT2D eigenvalue weighted by Crippen LogP contribution is 2.51. The minimum absolute atomic E-state index is 0.121. The summed E-state index contributed by atoms with van der Waals surface area (Å²) >= 11 is 11.0. The molecule has 0 aliphatic heterocycles. The van der Waals surface area contributed by atoms with Gasteiger partial charge in [-0.05, 0) is 169 Å². The molecule has 644 valence electrons. The number of Topliss-reactive ketones (excluding diaryl/α,β-unsaturated/α-hetero) is 1. The number of hydrazone groups is 3. The fourth-order valence-corrected chi connectivity index (χ4v) is 20.0. The number of hydrogen-bond donors (Lipinski definition) is 5. The molecule has 0 saturated carbocycles. The van der Waals surface area contributed by atoms with Crippen LogP contribution in [0.1, 0.15) is 101 Å². The number of hydrogen-bond acceptors (Lipinski definition) is 7. The lowest BCUT2D eigenvalue weighted by Gasteiger charge is -2.21. The van der Waals surface area contributed by atoms with Gasteiger partial charge in [0.2, 0.25) is 0 Å². The minimum atomic E-state index is 0.121. The van der Waals surface area contributed by atoms with Gasteiger partial charge in [0, 0.05) is 113 Å². The molecule has 0 amide bonds. The highest BCUT2D eigenvalue weighted by molar-refractivity contribution is 9.11. The summed E-state index contributed by atoms with van der Waals surface area (Å²) in [5.41, 5.74) is 31.2. The molecule has 0 saturated heterocycles. The van der Waals surface area contributed by atoms with Crippen LogP contribution in [-0.2, 0) is 10.2 Å². The molecule has 1 aliphatic carbocycles. The normalized spacial score (nSPS) is 11.6. The third-order valence-corrected chi connectivity index (χ3v) is 27.2. The van der Waals surface area contributed by atoms with Gasteiger partial charge in [0.25, 0.3) is 0 Å². The monoisotopic (exact) mass is 1900 g/mol. The Balaban J connectivity index is 0.000000118. The number of aryl methyl sites for hydroxylation is 4. The van der Waals surface area contributed by atoms with Crippen molar-refractivity contribution in [3.8, 4) is 11.1 Å². The maximum Gasteiger partial charge on any atom is 0.129 e. The summed E-state index contributed by atoms with van der Waals surface area (Å²) in [5.74, 6) is 5.68. The van der Waals surface area contributed by atoms with Crippen LogP contribution < -0.4 is 16.7 Å². The molecule has 0 fully saturated rings. The molecular weight excluding hydrogens is 1810 g/mol. The Morgan fingerprint density at radius 2 is 0.591 bits per heavy atom. The van der Waals surface area contributed by atoms with Crippen LogP contribution in [0.15, 0.2) is 423 Å². The molecule has 0 spiro atoms. The molecule has 132 heavy (non-hydrogen) atoms. The number of nitrogens with zero attached hydrogens (tertiary/aromatic N) is 3. The quantitative estimate of drug-likeness (QED) is 0.0381. The number of aromatic amines is 2. The predicted molar refractivity (Wildman–Crippen MR) is 575 cm³/mol. The number of carbonyl (C=O) groups excluding carboxylic acids is 1. The molecule has 0 atom stereocenters. The Hall–Kier alpha value is -14.7. The number of H-pyrrole nitrogens is 2. The fourth-order valence-electron chi connectivity index (χ4n) is 18.5. The number of carbonyl (C=O) groups is 1. The maximum absolute atomic E-state index is 9.81. The van der Waals surface area contributed by atoms with Crippen LogP contribution in [0.2, 0.25) is 0 Å². The Morgan fingerprint density at radius 1 is 0.311 bits per heavy atom. The van der Waals surface area contributed by atoms with Gasteiger partial charge in [-0.1, -0.05) is 426 Å². The second-order valence-corrected chi connectivity index (χ2v) is 36.4. The van der Waals surface area contributed by atoms with Crippen LogP contribution in [0.5, 0.6) is 0 Å². The number of ketones is 1. The first-order valence-electron chi connectivity index (χ1n) is 44.5. The molecule has 2 aromatic heterocycles. The summed E-state index contributed by atoms with van der Waals surface area (Å²) in [6, 6.07) is 137. The summed E-state index contributed by atoms with van der Waals surface area (Å²) in [5, 5.41) is 39.0. The largest absolute Gasteiger partial charge is 0.358 e. The zero-order chi connectivity index (χ0) is 91.1. The highest BCUT2D eigenvalue weighted by atomic mass is 79.9. The number of nitrogens with two attached hydrogens (primary N) is 1.